The highest BCUT2D eigenvalue weighted by atomic mass is 14.5. The first-order chi connectivity index (χ1) is 16.5. The van der Waals surface area contributed by atoms with Gasteiger partial charge in [-0.15, -0.1) is 0 Å². The van der Waals surface area contributed by atoms with Gasteiger partial charge in [0, 0.05) is 11.4 Å². The highest BCUT2D eigenvalue weighted by molar-refractivity contribution is 5.43. The predicted molar refractivity (Wildman–Crippen MR) is 146 cm³/mol. The van der Waals surface area contributed by atoms with Crippen LogP contribution in [0.1, 0.15) is 58.4 Å². The lowest BCUT2D eigenvalue weighted by Crippen LogP contribution is -2.02. The highest BCUT2D eigenvalue weighted by Gasteiger charge is 2.08. The van der Waals surface area contributed by atoms with E-state index < -0.39 is 0 Å². The second-order valence-electron chi connectivity index (χ2n) is 9.25. The van der Waals surface area contributed by atoms with Crippen LogP contribution in [0.4, 0.5) is 11.4 Å². The Morgan fingerprint density at radius 3 is 1.15 bits per heavy atom. The Kier molecular flexibility index (Phi) is 7.69. The van der Waals surface area contributed by atoms with Crippen LogP contribution in [0.15, 0.2) is 84.9 Å². The number of hydrogen-bond acceptors (Lipinski definition) is 2. The molecule has 4 aromatic rings. The molecular weight excluding hydrogens is 412 g/mol. The Morgan fingerprint density at radius 1 is 0.441 bits per heavy atom. The number of nitrogen functional groups attached to an aromatic ring is 2. The highest BCUT2D eigenvalue weighted by Crippen LogP contribution is 2.22. The number of nitrogens with two attached hydrogens (primary N) is 2. The molecule has 2 nitrogen and oxygen atoms in total. The molecule has 0 bridgehead atoms. The molecule has 0 aliphatic rings. The van der Waals surface area contributed by atoms with Crippen LogP contribution >= 0.6 is 0 Å². The molecule has 0 spiro atoms. The van der Waals surface area contributed by atoms with Gasteiger partial charge in [0.25, 0.3) is 0 Å². The molecule has 0 aliphatic heterocycles. The zero-order chi connectivity index (χ0) is 23.9. The maximum atomic E-state index is 5.83. The van der Waals surface area contributed by atoms with Crippen molar-refractivity contribution in [1.29, 1.82) is 0 Å². The van der Waals surface area contributed by atoms with Gasteiger partial charge in [0.05, 0.1) is 0 Å². The summed E-state index contributed by atoms with van der Waals surface area (Å²) >= 11 is 0. The van der Waals surface area contributed by atoms with Gasteiger partial charge in [-0.2, -0.15) is 0 Å². The number of aryl methyl sites for hydroxylation is 4. The summed E-state index contributed by atoms with van der Waals surface area (Å²) in [5.41, 5.74) is 24.5. The average Bonchev–Trinajstić information content (AvgIpc) is 2.86. The Labute approximate surface area is 204 Å². The summed E-state index contributed by atoms with van der Waals surface area (Å²) in [6.07, 6.45) is 6.18. The van der Waals surface area contributed by atoms with E-state index in [4.69, 9.17) is 11.5 Å². The van der Waals surface area contributed by atoms with Gasteiger partial charge in [0.2, 0.25) is 0 Å². The molecule has 0 radical (unpaired) electrons. The van der Waals surface area contributed by atoms with Crippen molar-refractivity contribution in [1.82, 2.24) is 0 Å². The Bertz CT molecular complexity index is 1120. The number of rotatable bonds is 9. The van der Waals surface area contributed by atoms with Gasteiger partial charge >= 0.3 is 0 Å². The van der Waals surface area contributed by atoms with Gasteiger partial charge in [0.15, 0.2) is 0 Å². The first-order valence-corrected chi connectivity index (χ1v) is 12.4. The van der Waals surface area contributed by atoms with Gasteiger partial charge in [-0.1, -0.05) is 74.5 Å². The second kappa shape index (κ2) is 11.1. The zero-order valence-corrected chi connectivity index (χ0v) is 20.5. The van der Waals surface area contributed by atoms with Crippen LogP contribution in [-0.2, 0) is 38.5 Å². The molecular formula is C32H36N2. The summed E-state index contributed by atoms with van der Waals surface area (Å²) in [5.74, 6) is 0. The summed E-state index contributed by atoms with van der Waals surface area (Å²) in [6.45, 7) is 4.52. The van der Waals surface area contributed by atoms with Gasteiger partial charge < -0.3 is 11.5 Å². The Hall–Kier alpha value is -3.52. The van der Waals surface area contributed by atoms with Crippen molar-refractivity contribution in [3.8, 4) is 0 Å². The van der Waals surface area contributed by atoms with Crippen molar-refractivity contribution in [2.24, 2.45) is 0 Å². The monoisotopic (exact) mass is 448 g/mol. The topological polar surface area (TPSA) is 52.0 Å². The van der Waals surface area contributed by atoms with E-state index >= 15 is 0 Å². The van der Waals surface area contributed by atoms with Crippen LogP contribution in [0, 0.1) is 0 Å². The van der Waals surface area contributed by atoms with E-state index in [0.29, 0.717) is 0 Å². The zero-order valence-electron chi connectivity index (χ0n) is 20.5. The van der Waals surface area contributed by atoms with E-state index in [1.54, 1.807) is 0 Å². The largest absolute Gasteiger partial charge is 0.399 e. The van der Waals surface area contributed by atoms with Crippen LogP contribution in [0.25, 0.3) is 0 Å². The molecule has 0 fully saturated rings. The van der Waals surface area contributed by atoms with Crippen LogP contribution in [0.5, 0.6) is 0 Å². The molecule has 0 saturated carbocycles. The maximum Gasteiger partial charge on any atom is 0.0314 e. The summed E-state index contributed by atoms with van der Waals surface area (Å²) in [7, 11) is 0. The molecule has 0 saturated heterocycles. The standard InChI is InChI=1S/C32H36N2/c1-3-27-21-25(19-23-7-15-31(33)16-8-23)5-11-29(27)13-14-30-12-6-26(22-28(30)4-2)20-24-9-17-32(34)18-10-24/h5-12,15-18,21-22H,3-4,13-14,19-20,33-34H2,1-2H3. The van der Waals surface area contributed by atoms with Crippen LogP contribution in [0.2, 0.25) is 0 Å². The Morgan fingerprint density at radius 2 is 0.794 bits per heavy atom. The van der Waals surface area contributed by atoms with Crippen molar-refractivity contribution < 1.29 is 0 Å². The van der Waals surface area contributed by atoms with Crippen molar-refractivity contribution >= 4 is 11.4 Å². The third-order valence-electron chi connectivity index (χ3n) is 6.74. The van der Waals surface area contributed by atoms with Gasteiger partial charge in [0.1, 0.15) is 0 Å². The molecule has 0 amide bonds. The fourth-order valence-corrected chi connectivity index (χ4v) is 4.74. The fourth-order valence-electron chi connectivity index (χ4n) is 4.74. The lowest BCUT2D eigenvalue weighted by Gasteiger charge is -2.14. The van der Waals surface area contributed by atoms with E-state index in [0.717, 1.165) is 49.9 Å². The van der Waals surface area contributed by atoms with E-state index in [-0.39, 0.29) is 0 Å². The quantitative estimate of drug-likeness (QED) is 0.272. The minimum absolute atomic E-state index is 0.818. The van der Waals surface area contributed by atoms with E-state index in [1.165, 1.54) is 44.5 Å². The van der Waals surface area contributed by atoms with E-state index in [9.17, 15) is 0 Å². The molecule has 0 aliphatic carbocycles. The van der Waals surface area contributed by atoms with Gasteiger partial charge in [-0.3, -0.25) is 0 Å². The molecule has 0 unspecified atom stereocenters. The molecule has 4 aromatic carbocycles. The van der Waals surface area contributed by atoms with Crippen molar-refractivity contribution in [2.45, 2.75) is 52.4 Å². The Balaban J connectivity index is 1.44. The summed E-state index contributed by atoms with van der Waals surface area (Å²) < 4.78 is 0. The fraction of sp³-hybridized carbons (Fsp3) is 0.250. The molecule has 0 atom stereocenters. The first-order valence-electron chi connectivity index (χ1n) is 12.4. The third-order valence-corrected chi connectivity index (χ3v) is 6.74. The molecule has 0 aromatic heterocycles. The predicted octanol–water partition coefficient (Wildman–Crippen LogP) is 6.94. The molecule has 34 heavy (non-hydrogen) atoms. The van der Waals surface area contributed by atoms with Crippen molar-refractivity contribution in [3.05, 3.63) is 129 Å². The summed E-state index contributed by atoms with van der Waals surface area (Å²) in [5, 5.41) is 0. The maximum absolute atomic E-state index is 5.83. The van der Waals surface area contributed by atoms with Gasteiger partial charge in [-0.05, 0) is 107 Å². The molecule has 4 N–H and O–H groups in total. The normalized spacial score (nSPS) is 11.0. The SMILES string of the molecule is CCc1cc(Cc2ccc(N)cc2)ccc1CCc1ccc(Cc2ccc(N)cc2)cc1CC. The molecule has 0 heterocycles. The summed E-state index contributed by atoms with van der Waals surface area (Å²) in [6, 6.07) is 30.5. The lowest BCUT2D eigenvalue weighted by atomic mass is 9.91. The first kappa shape index (κ1) is 23.6. The second-order valence-corrected chi connectivity index (χ2v) is 9.25. The molecule has 2 heteroatoms. The van der Waals surface area contributed by atoms with Crippen molar-refractivity contribution in [2.75, 3.05) is 11.5 Å². The minimum atomic E-state index is 0.818. The van der Waals surface area contributed by atoms with Crippen LogP contribution in [0.3, 0.4) is 0 Å². The smallest absolute Gasteiger partial charge is 0.0314 e. The van der Waals surface area contributed by atoms with E-state index in [1.807, 2.05) is 24.3 Å². The van der Waals surface area contributed by atoms with Gasteiger partial charge in [-0.25, -0.2) is 0 Å². The van der Waals surface area contributed by atoms with Crippen molar-refractivity contribution in [3.63, 3.8) is 0 Å². The van der Waals surface area contributed by atoms with Crippen LogP contribution in [-0.4, -0.2) is 0 Å². The number of hydrogen-bond donors (Lipinski definition) is 2. The molecule has 4 rings (SSSR count). The lowest BCUT2D eigenvalue weighted by molar-refractivity contribution is 0.904. The number of benzene rings is 4. The average molecular weight is 449 g/mol. The van der Waals surface area contributed by atoms with Crippen LogP contribution < -0.4 is 11.5 Å². The third kappa shape index (κ3) is 6.08. The summed E-state index contributed by atoms with van der Waals surface area (Å²) in [4.78, 5) is 0. The number of anilines is 2. The van der Waals surface area contributed by atoms with E-state index in [2.05, 4.69) is 74.5 Å². The minimum Gasteiger partial charge on any atom is -0.399 e. The molecule has 174 valence electrons.